The van der Waals surface area contributed by atoms with Crippen LogP contribution in [0.4, 0.5) is 4.39 Å². The van der Waals surface area contributed by atoms with E-state index in [2.05, 4.69) is 4.18 Å². The van der Waals surface area contributed by atoms with Crippen molar-refractivity contribution in [2.75, 3.05) is 47.0 Å². The third-order valence-electron chi connectivity index (χ3n) is 4.52. The SMILES string of the molecule is COC(OC)(c1ccc(OCCCOS(C)(=O)=O)cc1)c1ccc(OCC(O)CF)cc1. The number of hydrogen-bond acceptors (Lipinski definition) is 8. The molecule has 32 heavy (non-hydrogen) atoms. The monoisotopic (exact) mass is 472 g/mol. The average molecular weight is 473 g/mol. The number of aliphatic hydroxyl groups excluding tert-OH is 1. The summed E-state index contributed by atoms with van der Waals surface area (Å²) in [6.07, 6.45) is 0.257. The van der Waals surface area contributed by atoms with Crippen LogP contribution in [0.15, 0.2) is 48.5 Å². The van der Waals surface area contributed by atoms with E-state index >= 15 is 0 Å². The highest BCUT2D eigenvalue weighted by Gasteiger charge is 2.34. The van der Waals surface area contributed by atoms with Crippen molar-refractivity contribution < 1.29 is 41.0 Å². The molecule has 0 radical (unpaired) electrons. The van der Waals surface area contributed by atoms with Gasteiger partial charge in [-0.25, -0.2) is 4.39 Å². The van der Waals surface area contributed by atoms with E-state index in [1.165, 1.54) is 14.2 Å². The van der Waals surface area contributed by atoms with Crippen molar-refractivity contribution in [3.63, 3.8) is 0 Å². The van der Waals surface area contributed by atoms with Crippen LogP contribution in [0.25, 0.3) is 0 Å². The van der Waals surface area contributed by atoms with Gasteiger partial charge in [-0.3, -0.25) is 4.18 Å². The zero-order valence-electron chi connectivity index (χ0n) is 18.3. The van der Waals surface area contributed by atoms with Gasteiger partial charge in [-0.05, 0) is 48.5 Å². The second-order valence-corrected chi connectivity index (χ2v) is 8.56. The molecule has 1 atom stereocenters. The molecule has 0 saturated carbocycles. The van der Waals surface area contributed by atoms with Crippen molar-refractivity contribution in [2.24, 2.45) is 0 Å². The zero-order chi connectivity index (χ0) is 23.6. The largest absolute Gasteiger partial charge is 0.494 e. The minimum Gasteiger partial charge on any atom is -0.494 e. The van der Waals surface area contributed by atoms with Crippen LogP contribution >= 0.6 is 0 Å². The smallest absolute Gasteiger partial charge is 0.264 e. The highest BCUT2D eigenvalue weighted by Crippen LogP contribution is 2.35. The summed E-state index contributed by atoms with van der Waals surface area (Å²) in [5.74, 6) is -0.103. The Kier molecular flexibility index (Phi) is 9.85. The molecule has 1 unspecified atom stereocenters. The van der Waals surface area contributed by atoms with E-state index in [1.807, 2.05) is 0 Å². The lowest BCUT2D eigenvalue weighted by atomic mass is 9.96. The summed E-state index contributed by atoms with van der Waals surface area (Å²) in [5.41, 5.74) is 1.42. The first kappa shape index (κ1) is 26.0. The first-order valence-electron chi connectivity index (χ1n) is 9.89. The summed E-state index contributed by atoms with van der Waals surface area (Å²) >= 11 is 0. The van der Waals surface area contributed by atoms with Gasteiger partial charge in [0.05, 0.1) is 19.5 Å². The van der Waals surface area contributed by atoms with Crippen LogP contribution < -0.4 is 9.47 Å². The Balaban J connectivity index is 2.05. The summed E-state index contributed by atoms with van der Waals surface area (Å²) < 4.78 is 61.4. The molecule has 0 heterocycles. The first-order chi connectivity index (χ1) is 15.2. The van der Waals surface area contributed by atoms with Gasteiger partial charge in [0, 0.05) is 31.8 Å². The van der Waals surface area contributed by atoms with Crippen molar-refractivity contribution in [3.8, 4) is 11.5 Å². The van der Waals surface area contributed by atoms with E-state index in [-0.39, 0.29) is 13.2 Å². The standard InChI is InChI=1S/C22H29FO8S/c1-27-22(28-2,18-7-11-21(12-8-18)30-16-19(24)15-23)17-5-9-20(10-6-17)29-13-4-14-31-32(3,25)26/h5-12,19,24H,4,13-16H2,1-3H3. The zero-order valence-corrected chi connectivity index (χ0v) is 19.1. The molecule has 2 aromatic rings. The number of ether oxygens (including phenoxy) is 4. The van der Waals surface area contributed by atoms with Gasteiger partial charge in [-0.1, -0.05) is 0 Å². The Morgan fingerprint density at radius 3 is 1.84 bits per heavy atom. The summed E-state index contributed by atoms with van der Waals surface area (Å²) in [6, 6.07) is 14.0. The lowest BCUT2D eigenvalue weighted by Crippen LogP contribution is -2.32. The maximum Gasteiger partial charge on any atom is 0.264 e. The van der Waals surface area contributed by atoms with Crippen molar-refractivity contribution in [1.29, 1.82) is 0 Å². The molecular weight excluding hydrogens is 443 g/mol. The van der Waals surface area contributed by atoms with E-state index in [9.17, 15) is 17.9 Å². The Morgan fingerprint density at radius 1 is 0.906 bits per heavy atom. The molecule has 1 N–H and O–H groups in total. The molecule has 2 aromatic carbocycles. The molecule has 2 rings (SSSR count). The van der Waals surface area contributed by atoms with E-state index < -0.39 is 28.7 Å². The lowest BCUT2D eigenvalue weighted by molar-refractivity contribution is -0.183. The van der Waals surface area contributed by atoms with Crippen LogP contribution in [-0.4, -0.2) is 66.6 Å². The molecule has 0 fully saturated rings. The number of rotatable bonds is 14. The van der Waals surface area contributed by atoms with Gasteiger partial charge in [0.1, 0.15) is 30.9 Å². The third-order valence-corrected chi connectivity index (χ3v) is 5.11. The van der Waals surface area contributed by atoms with Gasteiger partial charge in [-0.15, -0.1) is 0 Å². The number of aliphatic hydroxyl groups is 1. The maximum absolute atomic E-state index is 12.4. The van der Waals surface area contributed by atoms with Gasteiger partial charge in [-0.2, -0.15) is 8.42 Å². The summed E-state index contributed by atoms with van der Waals surface area (Å²) in [7, 11) is -0.401. The molecule has 0 bridgehead atoms. The predicted octanol–water partition coefficient (Wildman–Crippen LogP) is 2.63. The predicted molar refractivity (Wildman–Crippen MR) is 116 cm³/mol. The molecule has 0 saturated heterocycles. The number of alkyl halides is 1. The topological polar surface area (TPSA) is 101 Å². The summed E-state index contributed by atoms with van der Waals surface area (Å²) in [5, 5.41) is 9.28. The van der Waals surface area contributed by atoms with Crippen LogP contribution in [0.1, 0.15) is 17.5 Å². The second-order valence-electron chi connectivity index (χ2n) is 6.92. The normalized spacial score (nSPS) is 13.0. The Hall–Kier alpha value is -2.24. The van der Waals surface area contributed by atoms with Crippen molar-refractivity contribution in [2.45, 2.75) is 18.3 Å². The molecular formula is C22H29FO8S. The first-order valence-corrected chi connectivity index (χ1v) is 11.7. The third kappa shape index (κ3) is 7.42. The van der Waals surface area contributed by atoms with Gasteiger partial charge in [0.15, 0.2) is 0 Å². The molecule has 10 heteroatoms. The number of hydrogen-bond donors (Lipinski definition) is 1. The van der Waals surface area contributed by atoms with E-state index in [1.54, 1.807) is 48.5 Å². The summed E-state index contributed by atoms with van der Waals surface area (Å²) in [4.78, 5) is 0. The van der Waals surface area contributed by atoms with E-state index in [0.29, 0.717) is 30.1 Å². The fourth-order valence-electron chi connectivity index (χ4n) is 2.96. The highest BCUT2D eigenvalue weighted by molar-refractivity contribution is 7.85. The lowest BCUT2D eigenvalue weighted by Gasteiger charge is -2.32. The van der Waals surface area contributed by atoms with Crippen molar-refractivity contribution in [1.82, 2.24) is 0 Å². The fraction of sp³-hybridized carbons (Fsp3) is 0.455. The van der Waals surface area contributed by atoms with Crippen LogP contribution in [0, 0.1) is 0 Å². The van der Waals surface area contributed by atoms with E-state index in [0.717, 1.165) is 11.8 Å². The molecule has 0 amide bonds. The number of benzene rings is 2. The molecule has 8 nitrogen and oxygen atoms in total. The maximum atomic E-state index is 12.4. The quantitative estimate of drug-likeness (QED) is 0.254. The molecule has 0 aliphatic carbocycles. The Morgan fingerprint density at radius 2 is 1.41 bits per heavy atom. The van der Waals surface area contributed by atoms with Gasteiger partial charge in [0.2, 0.25) is 5.79 Å². The van der Waals surface area contributed by atoms with Gasteiger partial charge in [0.25, 0.3) is 10.1 Å². The molecule has 0 aliphatic heterocycles. The molecule has 0 aliphatic rings. The average Bonchev–Trinajstić information content (AvgIpc) is 2.79. The van der Waals surface area contributed by atoms with Crippen LogP contribution in [0.5, 0.6) is 11.5 Å². The van der Waals surface area contributed by atoms with Crippen molar-refractivity contribution >= 4 is 10.1 Å². The molecule has 0 aromatic heterocycles. The Labute approximate surface area is 187 Å². The molecule has 178 valence electrons. The van der Waals surface area contributed by atoms with Gasteiger partial charge >= 0.3 is 0 Å². The molecule has 0 spiro atoms. The minimum atomic E-state index is -3.45. The highest BCUT2D eigenvalue weighted by atomic mass is 32.2. The van der Waals surface area contributed by atoms with E-state index in [4.69, 9.17) is 18.9 Å². The van der Waals surface area contributed by atoms with Gasteiger partial charge < -0.3 is 24.1 Å². The van der Waals surface area contributed by atoms with Crippen LogP contribution in [-0.2, 0) is 29.6 Å². The summed E-state index contributed by atoms with van der Waals surface area (Å²) in [6.45, 7) is -0.660. The minimum absolute atomic E-state index is 0.0554. The Bertz CT molecular complexity index is 912. The second kappa shape index (κ2) is 12.1. The van der Waals surface area contributed by atoms with Crippen LogP contribution in [0.3, 0.4) is 0 Å². The van der Waals surface area contributed by atoms with Crippen molar-refractivity contribution in [3.05, 3.63) is 59.7 Å². The number of methoxy groups -OCH3 is 2. The number of halogens is 1. The fourth-order valence-corrected chi connectivity index (χ4v) is 3.38. The van der Waals surface area contributed by atoms with Crippen LogP contribution in [0.2, 0.25) is 0 Å².